The van der Waals surface area contributed by atoms with Crippen LogP contribution in [-0.4, -0.2) is 57.6 Å². The molecule has 0 N–H and O–H groups in total. The first-order valence-electron chi connectivity index (χ1n) is 10.6. The van der Waals surface area contributed by atoms with Crippen molar-refractivity contribution in [2.45, 2.75) is 40.2 Å². The van der Waals surface area contributed by atoms with Gasteiger partial charge in [-0.05, 0) is 58.4 Å². The Labute approximate surface area is 192 Å². The molecule has 1 unspecified atom stereocenters. The largest absolute Gasteiger partial charge is 0.454 e. The van der Waals surface area contributed by atoms with Crippen molar-refractivity contribution >= 4 is 21.6 Å². The van der Waals surface area contributed by atoms with Crippen molar-refractivity contribution in [3.05, 3.63) is 64.4 Å². The third-order valence-corrected chi connectivity index (χ3v) is 7.65. The predicted molar refractivity (Wildman–Crippen MR) is 122 cm³/mol. The quantitative estimate of drug-likeness (QED) is 0.402. The lowest BCUT2D eigenvalue weighted by Crippen LogP contribution is -2.17. The Morgan fingerprint density at radius 3 is 2.45 bits per heavy atom. The maximum Gasteiger partial charge on any atom is 0.340 e. The van der Waals surface area contributed by atoms with Gasteiger partial charge >= 0.3 is 5.97 Å². The lowest BCUT2D eigenvalue weighted by atomic mass is 10.1. The summed E-state index contributed by atoms with van der Waals surface area (Å²) in [4.78, 5) is 29.5. The number of sulfone groups is 1. The second-order valence-electron chi connectivity index (χ2n) is 8.45. The average Bonchev–Trinajstić information content (AvgIpc) is 3.39. The summed E-state index contributed by atoms with van der Waals surface area (Å²) < 4.78 is 32.5. The summed E-state index contributed by atoms with van der Waals surface area (Å²) in [7, 11) is -3.05. The molecule has 1 atom stereocenters. The van der Waals surface area contributed by atoms with Gasteiger partial charge in [0.25, 0.3) is 0 Å². The van der Waals surface area contributed by atoms with E-state index in [2.05, 4.69) is 10.1 Å². The van der Waals surface area contributed by atoms with Gasteiger partial charge in [0.15, 0.2) is 22.3 Å². The molecular weight excluding hydrogens is 444 g/mol. The fraction of sp³-hybridized carbons (Fsp3) is 0.391. The first kappa shape index (κ1) is 22.9. The average molecular weight is 471 g/mol. The van der Waals surface area contributed by atoms with Gasteiger partial charge in [0.05, 0.1) is 22.8 Å². The Balaban J connectivity index is 1.42. The lowest BCUT2D eigenvalue weighted by Gasteiger charge is -2.16. The van der Waals surface area contributed by atoms with Crippen LogP contribution >= 0.6 is 0 Å². The Bertz CT molecular complexity index is 1340. The molecule has 0 saturated carbocycles. The van der Waals surface area contributed by atoms with E-state index < -0.39 is 22.4 Å². The summed E-state index contributed by atoms with van der Waals surface area (Å²) in [6.07, 6.45) is 1.92. The maximum atomic E-state index is 12.8. The van der Waals surface area contributed by atoms with Crippen molar-refractivity contribution < 1.29 is 22.7 Å². The molecule has 0 aromatic carbocycles. The monoisotopic (exact) mass is 470 g/mol. The van der Waals surface area contributed by atoms with Crippen molar-refractivity contribution in [3.63, 3.8) is 0 Å². The van der Waals surface area contributed by atoms with Gasteiger partial charge in [-0.2, -0.15) is 5.10 Å². The molecule has 4 rings (SSSR count). The highest BCUT2D eigenvalue weighted by atomic mass is 32.2. The van der Waals surface area contributed by atoms with E-state index in [1.807, 2.05) is 31.4 Å². The minimum absolute atomic E-state index is 0.0760. The van der Waals surface area contributed by atoms with Crippen LogP contribution in [0.1, 0.15) is 56.0 Å². The minimum atomic E-state index is -3.05. The van der Waals surface area contributed by atoms with Crippen molar-refractivity contribution in [1.29, 1.82) is 0 Å². The molecule has 1 saturated heterocycles. The van der Waals surface area contributed by atoms with E-state index >= 15 is 0 Å². The molecule has 33 heavy (non-hydrogen) atoms. The van der Waals surface area contributed by atoms with Gasteiger partial charge in [0.1, 0.15) is 0 Å². The number of aryl methyl sites for hydroxylation is 3. The van der Waals surface area contributed by atoms with Gasteiger partial charge in [0.2, 0.25) is 5.78 Å². The summed E-state index contributed by atoms with van der Waals surface area (Å²) in [5, 5.41) is 4.36. The number of carbonyl (C=O) groups excluding carboxylic acids is 2. The summed E-state index contributed by atoms with van der Waals surface area (Å²) in [5.74, 6) is -0.175. The minimum Gasteiger partial charge on any atom is -0.454 e. The van der Waals surface area contributed by atoms with E-state index in [4.69, 9.17) is 4.74 Å². The van der Waals surface area contributed by atoms with Crippen LogP contribution in [0.15, 0.2) is 30.5 Å². The molecule has 1 fully saturated rings. The molecule has 10 heteroatoms. The van der Waals surface area contributed by atoms with E-state index in [0.29, 0.717) is 23.5 Å². The van der Waals surface area contributed by atoms with Crippen LogP contribution < -0.4 is 0 Å². The molecule has 0 spiro atoms. The number of aromatic nitrogens is 4. The van der Waals surface area contributed by atoms with Crippen LogP contribution in [0.4, 0.5) is 0 Å². The number of pyridine rings is 1. The molecule has 1 aliphatic rings. The van der Waals surface area contributed by atoms with Gasteiger partial charge in [-0.1, -0.05) is 0 Å². The van der Waals surface area contributed by atoms with Gasteiger partial charge < -0.3 is 9.30 Å². The maximum absolute atomic E-state index is 12.8. The summed E-state index contributed by atoms with van der Waals surface area (Å²) in [6.45, 7) is 7.02. The normalized spacial score (nSPS) is 17.3. The van der Waals surface area contributed by atoms with Crippen LogP contribution in [0.5, 0.6) is 0 Å². The van der Waals surface area contributed by atoms with Gasteiger partial charge in [0, 0.05) is 34.9 Å². The summed E-state index contributed by atoms with van der Waals surface area (Å²) in [5.41, 5.74) is 3.95. The number of nitrogens with zero attached hydrogens (tertiary/aromatic N) is 4. The summed E-state index contributed by atoms with van der Waals surface area (Å²) in [6, 6.07) is 6.73. The van der Waals surface area contributed by atoms with E-state index in [9.17, 15) is 18.0 Å². The molecular formula is C23H26N4O5S. The fourth-order valence-corrected chi connectivity index (χ4v) is 6.09. The van der Waals surface area contributed by atoms with Gasteiger partial charge in [-0.15, -0.1) is 0 Å². The molecule has 0 amide bonds. The second kappa shape index (κ2) is 8.58. The van der Waals surface area contributed by atoms with Crippen LogP contribution in [0.3, 0.4) is 0 Å². The highest BCUT2D eigenvalue weighted by Gasteiger charge is 2.31. The van der Waals surface area contributed by atoms with Crippen LogP contribution in [-0.2, 0) is 14.6 Å². The number of hydrogen-bond donors (Lipinski definition) is 0. The molecule has 9 nitrogen and oxygen atoms in total. The standard InChI is InChI=1S/C23H26N4O5S/c1-14-9-16(3)27(25-14)22-6-5-18(11-24-22)23(29)32-12-21(28)20-10-15(2)26(17(20)4)19-7-8-33(30,31)13-19/h5-6,9-11,19H,7-8,12-13H2,1-4H3. The number of hydrogen-bond acceptors (Lipinski definition) is 7. The Hall–Kier alpha value is -3.27. The third-order valence-electron chi connectivity index (χ3n) is 5.90. The van der Waals surface area contributed by atoms with E-state index in [-0.39, 0.29) is 28.9 Å². The van der Waals surface area contributed by atoms with Gasteiger partial charge in [-0.3, -0.25) is 4.79 Å². The number of Topliss-reactive ketones (excluding diaryl/α,β-unsaturated/α-hetero) is 1. The molecule has 0 radical (unpaired) electrons. The van der Waals surface area contributed by atoms with E-state index in [1.165, 1.54) is 6.20 Å². The Kier molecular flexibility index (Phi) is 5.96. The molecule has 3 aromatic rings. The number of rotatable bonds is 6. The van der Waals surface area contributed by atoms with Crippen LogP contribution in [0.2, 0.25) is 0 Å². The molecule has 3 aromatic heterocycles. The molecule has 0 bridgehead atoms. The first-order chi connectivity index (χ1) is 15.6. The Morgan fingerprint density at radius 2 is 1.88 bits per heavy atom. The lowest BCUT2D eigenvalue weighted by molar-refractivity contribution is 0.0474. The zero-order valence-corrected chi connectivity index (χ0v) is 19.8. The SMILES string of the molecule is Cc1cc(C)n(-c2ccc(C(=O)OCC(=O)c3cc(C)n(C4CCS(=O)(=O)C4)c3C)cn2)n1. The fourth-order valence-electron chi connectivity index (χ4n) is 4.39. The van der Waals surface area contributed by atoms with Crippen molar-refractivity contribution in [2.24, 2.45) is 0 Å². The number of ketones is 1. The zero-order valence-electron chi connectivity index (χ0n) is 19.0. The number of esters is 1. The van der Waals surface area contributed by atoms with Crippen molar-refractivity contribution in [3.8, 4) is 5.82 Å². The van der Waals surface area contributed by atoms with E-state index in [1.54, 1.807) is 29.8 Å². The van der Waals surface area contributed by atoms with Crippen molar-refractivity contribution in [2.75, 3.05) is 18.1 Å². The zero-order chi connectivity index (χ0) is 23.9. The van der Waals surface area contributed by atoms with Crippen LogP contribution in [0, 0.1) is 27.7 Å². The highest BCUT2D eigenvalue weighted by Crippen LogP contribution is 2.29. The highest BCUT2D eigenvalue weighted by molar-refractivity contribution is 7.91. The molecule has 174 valence electrons. The molecule has 0 aliphatic carbocycles. The molecule has 1 aliphatic heterocycles. The van der Waals surface area contributed by atoms with Crippen molar-refractivity contribution in [1.82, 2.24) is 19.3 Å². The first-order valence-corrected chi connectivity index (χ1v) is 12.5. The molecule has 4 heterocycles. The smallest absolute Gasteiger partial charge is 0.340 e. The number of ether oxygens (including phenoxy) is 1. The van der Waals surface area contributed by atoms with E-state index in [0.717, 1.165) is 17.1 Å². The van der Waals surface area contributed by atoms with Crippen LogP contribution in [0.25, 0.3) is 5.82 Å². The predicted octanol–water partition coefficient (Wildman–Crippen LogP) is 2.70. The third kappa shape index (κ3) is 4.61. The Morgan fingerprint density at radius 1 is 1.12 bits per heavy atom. The topological polar surface area (TPSA) is 113 Å². The number of carbonyl (C=O) groups is 2. The summed E-state index contributed by atoms with van der Waals surface area (Å²) >= 11 is 0. The van der Waals surface area contributed by atoms with Gasteiger partial charge in [-0.25, -0.2) is 22.9 Å². The second-order valence-corrected chi connectivity index (χ2v) is 10.7.